The van der Waals surface area contributed by atoms with Crippen molar-refractivity contribution in [1.82, 2.24) is 10.2 Å². The Morgan fingerprint density at radius 1 is 1.50 bits per heavy atom. The molecule has 0 aliphatic carbocycles. The highest BCUT2D eigenvalue weighted by Gasteiger charge is 2.20. The maximum Gasteiger partial charge on any atom is 0.223 e. The molecule has 0 bridgehead atoms. The Kier molecular flexibility index (Phi) is 7.88. The van der Waals surface area contributed by atoms with Crippen LogP contribution in [-0.4, -0.2) is 30.4 Å². The van der Waals surface area contributed by atoms with E-state index in [1.807, 2.05) is 17.0 Å². The Morgan fingerprint density at radius 2 is 2.25 bits per heavy atom. The van der Waals surface area contributed by atoms with Gasteiger partial charge in [-0.1, -0.05) is 12.1 Å². The van der Waals surface area contributed by atoms with Crippen molar-refractivity contribution in [3.8, 4) is 0 Å². The molecule has 0 radical (unpaired) electrons. The molecule has 0 aromatic carbocycles. The summed E-state index contributed by atoms with van der Waals surface area (Å²) >= 11 is 1.70. The standard InChI is InChI=1S/C15H22N2OS.ClH/c1-2-9-17(12-14-4-3-10-19-14)15(18)11-13-5-7-16-8-6-13;/h2-4,10,13,16H,1,5-9,11-12H2;1H. The highest BCUT2D eigenvalue weighted by atomic mass is 35.5. The molecule has 1 aliphatic heterocycles. The fourth-order valence-electron chi connectivity index (χ4n) is 2.46. The molecule has 1 aromatic rings. The lowest BCUT2D eigenvalue weighted by Crippen LogP contribution is -2.35. The molecular weight excluding hydrogens is 292 g/mol. The van der Waals surface area contributed by atoms with Crippen molar-refractivity contribution in [2.45, 2.75) is 25.8 Å². The summed E-state index contributed by atoms with van der Waals surface area (Å²) in [6, 6.07) is 4.11. The number of piperidine rings is 1. The lowest BCUT2D eigenvalue weighted by molar-refractivity contribution is -0.132. The summed E-state index contributed by atoms with van der Waals surface area (Å²) in [4.78, 5) is 15.5. The molecule has 3 nitrogen and oxygen atoms in total. The molecule has 0 atom stereocenters. The number of amides is 1. The van der Waals surface area contributed by atoms with Gasteiger partial charge in [-0.05, 0) is 43.3 Å². The second kappa shape index (κ2) is 9.16. The van der Waals surface area contributed by atoms with E-state index in [0.29, 0.717) is 25.4 Å². The van der Waals surface area contributed by atoms with Crippen LogP contribution in [0, 0.1) is 5.92 Å². The first kappa shape index (κ1) is 17.2. The third kappa shape index (κ3) is 5.27. The van der Waals surface area contributed by atoms with E-state index in [-0.39, 0.29) is 18.3 Å². The fraction of sp³-hybridized carbons (Fsp3) is 0.533. The largest absolute Gasteiger partial charge is 0.334 e. The zero-order valence-electron chi connectivity index (χ0n) is 11.7. The van der Waals surface area contributed by atoms with Gasteiger partial charge >= 0.3 is 0 Å². The number of hydrogen-bond acceptors (Lipinski definition) is 3. The van der Waals surface area contributed by atoms with Crippen molar-refractivity contribution in [2.75, 3.05) is 19.6 Å². The molecule has 0 spiro atoms. The van der Waals surface area contributed by atoms with Gasteiger partial charge in [0.05, 0.1) is 6.54 Å². The number of nitrogens with one attached hydrogen (secondary N) is 1. The molecule has 1 aromatic heterocycles. The summed E-state index contributed by atoms with van der Waals surface area (Å²) < 4.78 is 0. The normalized spacial score (nSPS) is 15.4. The Bertz CT molecular complexity index is 402. The molecular formula is C15H23ClN2OS. The van der Waals surface area contributed by atoms with E-state index in [2.05, 4.69) is 23.3 Å². The number of hydrogen-bond donors (Lipinski definition) is 1. The maximum atomic E-state index is 12.4. The molecule has 0 unspecified atom stereocenters. The van der Waals surface area contributed by atoms with Gasteiger partial charge in [-0.15, -0.1) is 30.3 Å². The molecule has 112 valence electrons. The van der Waals surface area contributed by atoms with Crippen molar-refractivity contribution in [1.29, 1.82) is 0 Å². The molecule has 1 fully saturated rings. The van der Waals surface area contributed by atoms with E-state index < -0.39 is 0 Å². The first-order valence-electron chi connectivity index (χ1n) is 6.91. The van der Waals surface area contributed by atoms with Crippen LogP contribution in [0.25, 0.3) is 0 Å². The summed E-state index contributed by atoms with van der Waals surface area (Å²) in [6.07, 6.45) is 4.73. The second-order valence-corrected chi connectivity index (χ2v) is 6.07. The summed E-state index contributed by atoms with van der Waals surface area (Å²) in [5.74, 6) is 0.810. The highest BCUT2D eigenvalue weighted by molar-refractivity contribution is 7.09. The van der Waals surface area contributed by atoms with E-state index in [0.717, 1.165) is 25.9 Å². The van der Waals surface area contributed by atoms with Crippen LogP contribution in [0.2, 0.25) is 0 Å². The number of thiophene rings is 1. The summed E-state index contributed by atoms with van der Waals surface area (Å²) in [5.41, 5.74) is 0. The quantitative estimate of drug-likeness (QED) is 0.818. The predicted molar refractivity (Wildman–Crippen MR) is 87.4 cm³/mol. The van der Waals surface area contributed by atoms with E-state index >= 15 is 0 Å². The van der Waals surface area contributed by atoms with Crippen molar-refractivity contribution >= 4 is 29.7 Å². The van der Waals surface area contributed by atoms with Crippen LogP contribution in [0.5, 0.6) is 0 Å². The van der Waals surface area contributed by atoms with Gasteiger partial charge in [-0.25, -0.2) is 0 Å². The van der Waals surface area contributed by atoms with Gasteiger partial charge in [0.25, 0.3) is 0 Å². The Balaban J connectivity index is 0.00000200. The SMILES string of the molecule is C=CCN(Cc1cccs1)C(=O)CC1CCNCC1.Cl. The van der Waals surface area contributed by atoms with Crippen LogP contribution in [0.4, 0.5) is 0 Å². The number of rotatable bonds is 6. The van der Waals surface area contributed by atoms with Crippen molar-refractivity contribution < 1.29 is 4.79 Å². The fourth-order valence-corrected chi connectivity index (χ4v) is 3.18. The van der Waals surface area contributed by atoms with Gasteiger partial charge in [-0.2, -0.15) is 0 Å². The third-order valence-electron chi connectivity index (χ3n) is 3.55. The van der Waals surface area contributed by atoms with Crippen LogP contribution in [-0.2, 0) is 11.3 Å². The smallest absolute Gasteiger partial charge is 0.223 e. The Hall–Kier alpha value is -0.840. The first-order chi connectivity index (χ1) is 9.29. The molecule has 0 saturated carbocycles. The summed E-state index contributed by atoms with van der Waals surface area (Å²) in [6.45, 7) is 7.21. The predicted octanol–water partition coefficient (Wildman–Crippen LogP) is 3.07. The van der Waals surface area contributed by atoms with Crippen LogP contribution < -0.4 is 5.32 Å². The van der Waals surface area contributed by atoms with E-state index in [4.69, 9.17) is 0 Å². The second-order valence-electron chi connectivity index (χ2n) is 5.04. The number of nitrogens with zero attached hydrogens (tertiary/aromatic N) is 1. The van der Waals surface area contributed by atoms with Crippen LogP contribution in [0.3, 0.4) is 0 Å². The molecule has 20 heavy (non-hydrogen) atoms. The van der Waals surface area contributed by atoms with Crippen LogP contribution in [0.15, 0.2) is 30.2 Å². The maximum absolute atomic E-state index is 12.4. The zero-order chi connectivity index (χ0) is 13.5. The average molecular weight is 315 g/mol. The third-order valence-corrected chi connectivity index (χ3v) is 4.41. The molecule has 2 heterocycles. The minimum atomic E-state index is 0. The number of halogens is 1. The Morgan fingerprint density at radius 3 is 2.85 bits per heavy atom. The van der Waals surface area contributed by atoms with Crippen LogP contribution in [0.1, 0.15) is 24.1 Å². The highest BCUT2D eigenvalue weighted by Crippen LogP contribution is 2.19. The topological polar surface area (TPSA) is 32.3 Å². The number of carbonyl (C=O) groups excluding carboxylic acids is 1. The van der Waals surface area contributed by atoms with Crippen molar-refractivity contribution in [3.05, 3.63) is 35.0 Å². The Labute approximate surface area is 131 Å². The van der Waals surface area contributed by atoms with Gasteiger partial charge in [0.15, 0.2) is 0 Å². The molecule has 1 saturated heterocycles. The molecule has 2 rings (SSSR count). The van der Waals surface area contributed by atoms with Gasteiger partial charge in [0, 0.05) is 17.8 Å². The molecule has 1 aliphatic rings. The molecule has 5 heteroatoms. The summed E-state index contributed by atoms with van der Waals surface area (Å²) in [5, 5.41) is 5.39. The van der Waals surface area contributed by atoms with E-state index in [9.17, 15) is 4.79 Å². The zero-order valence-corrected chi connectivity index (χ0v) is 13.3. The summed E-state index contributed by atoms with van der Waals surface area (Å²) in [7, 11) is 0. The minimum Gasteiger partial charge on any atom is -0.334 e. The van der Waals surface area contributed by atoms with Crippen LogP contribution >= 0.6 is 23.7 Å². The monoisotopic (exact) mass is 314 g/mol. The van der Waals surface area contributed by atoms with Gasteiger partial charge in [-0.3, -0.25) is 4.79 Å². The van der Waals surface area contributed by atoms with Gasteiger partial charge < -0.3 is 10.2 Å². The van der Waals surface area contributed by atoms with Crippen molar-refractivity contribution in [3.63, 3.8) is 0 Å². The van der Waals surface area contributed by atoms with Crippen molar-refractivity contribution in [2.24, 2.45) is 5.92 Å². The molecule has 1 amide bonds. The van der Waals surface area contributed by atoms with Gasteiger partial charge in [0.1, 0.15) is 0 Å². The lowest BCUT2D eigenvalue weighted by Gasteiger charge is -2.26. The van der Waals surface area contributed by atoms with E-state index in [1.54, 1.807) is 11.3 Å². The number of carbonyl (C=O) groups is 1. The van der Waals surface area contributed by atoms with E-state index in [1.165, 1.54) is 4.88 Å². The average Bonchev–Trinajstić information content (AvgIpc) is 2.92. The lowest BCUT2D eigenvalue weighted by atomic mass is 9.94. The van der Waals surface area contributed by atoms with Gasteiger partial charge in [0.2, 0.25) is 5.91 Å². The first-order valence-corrected chi connectivity index (χ1v) is 7.79. The molecule has 1 N–H and O–H groups in total. The minimum absolute atomic E-state index is 0.